The highest BCUT2D eigenvalue weighted by atomic mass is 19.1. The molecular weight excluding hydrogens is 1870 g/mol. The van der Waals surface area contributed by atoms with Gasteiger partial charge in [-0.3, -0.25) is 47.9 Å². The van der Waals surface area contributed by atoms with Crippen LogP contribution in [-0.2, 0) is 120 Å². The van der Waals surface area contributed by atoms with Crippen molar-refractivity contribution >= 4 is 76.2 Å². The van der Waals surface area contributed by atoms with E-state index in [-0.39, 0.29) is 184 Å². The lowest BCUT2D eigenvalue weighted by atomic mass is 9.44. The number of benzene rings is 3. The Balaban J connectivity index is 0.631. The first kappa shape index (κ1) is 114. The number of likely N-dealkylation sites (N-methyl/N-ethyl adjacent to an activating group) is 1. The van der Waals surface area contributed by atoms with Crippen LogP contribution in [0.15, 0.2) is 96.6 Å². The number of quaternary nitrogens is 1. The molecule has 0 radical (unpaired) electrons. The molecule has 3 aromatic carbocycles. The summed E-state index contributed by atoms with van der Waals surface area (Å²) in [5, 5.41) is 43.5. The van der Waals surface area contributed by atoms with Crippen LogP contribution >= 0.6 is 0 Å². The van der Waals surface area contributed by atoms with Gasteiger partial charge in [-0.25, -0.2) is 18.3 Å². The molecule has 0 spiro atoms. The molecule has 144 heavy (non-hydrogen) atoms. The molecule has 11 rings (SSSR count). The van der Waals surface area contributed by atoms with Crippen molar-refractivity contribution in [3.05, 3.63) is 125 Å². The van der Waals surface area contributed by atoms with Crippen molar-refractivity contribution < 1.29 is 128 Å². The van der Waals surface area contributed by atoms with Gasteiger partial charge in [0.15, 0.2) is 23.3 Å². The Bertz CT molecular complexity index is 5050. The number of anilines is 2. The highest BCUT2D eigenvalue weighted by Gasteiger charge is 2.80. The second-order valence-corrected chi connectivity index (χ2v) is 39.3. The smallest absolute Gasteiger partial charge is 0.312 e. The molecule has 14 atom stereocenters. The van der Waals surface area contributed by atoms with Gasteiger partial charge in [-0.05, 0) is 162 Å². The first-order valence-electron chi connectivity index (χ1n) is 50.8. The summed E-state index contributed by atoms with van der Waals surface area (Å²) in [5.74, 6) is -0.409. The van der Waals surface area contributed by atoms with E-state index in [0.717, 1.165) is 65.2 Å². The van der Waals surface area contributed by atoms with Crippen molar-refractivity contribution in [2.45, 2.75) is 230 Å². The summed E-state index contributed by atoms with van der Waals surface area (Å²) in [4.78, 5) is 151. The molecule has 2 aliphatic heterocycles. The second-order valence-electron chi connectivity index (χ2n) is 39.3. The lowest BCUT2D eigenvalue weighted by molar-refractivity contribution is -0.869. The third kappa shape index (κ3) is 31.9. The Morgan fingerprint density at radius 1 is 0.639 bits per heavy atom. The number of ketones is 2. The number of carbonyl (C=O) groups excluding carboxylic acids is 11. The molecule has 4 fully saturated rings. The van der Waals surface area contributed by atoms with E-state index in [1.54, 1.807) is 25.7 Å². The lowest BCUT2D eigenvalue weighted by Gasteiger charge is -2.63. The molecular formula is C104H149F2N14O24+. The zero-order chi connectivity index (χ0) is 103. The molecule has 3 saturated carbocycles. The summed E-state index contributed by atoms with van der Waals surface area (Å²) >= 11 is 0. The molecule has 1 saturated heterocycles. The number of Topliss-reactive ketones (excluding diaryl/α,β-unsaturated/α-hetero) is 1. The highest BCUT2D eigenvalue weighted by molar-refractivity contribution is 6.02. The monoisotopic (exact) mass is 2020 g/mol. The van der Waals surface area contributed by atoms with E-state index < -0.39 is 137 Å². The molecule has 2 unspecified atom stereocenters. The number of ether oxygens (including phenoxy) is 12. The van der Waals surface area contributed by atoms with Crippen LogP contribution in [0.1, 0.15) is 184 Å². The van der Waals surface area contributed by atoms with Crippen LogP contribution in [0, 0.1) is 40.4 Å². The Hall–Kier alpha value is -10.7. The molecule has 792 valence electrons. The van der Waals surface area contributed by atoms with Crippen molar-refractivity contribution in [3.8, 4) is 17.6 Å². The summed E-state index contributed by atoms with van der Waals surface area (Å²) in [6, 6.07) is 16.6. The fourth-order valence-electron chi connectivity index (χ4n) is 20.0. The molecule has 10 amide bonds. The van der Waals surface area contributed by atoms with E-state index in [2.05, 4.69) is 85.8 Å². The summed E-state index contributed by atoms with van der Waals surface area (Å²) in [6.45, 7) is 14.8. The van der Waals surface area contributed by atoms with Gasteiger partial charge in [0.1, 0.15) is 55.1 Å². The standard InChI is InChI=1S/C104H148F2N14O24/c1-9-20-94-143-88-65-77-78-64-80(105)79-63-75(121)37-40-101(79,4)103(78,106)86(122)66-102(77,5)104(88,144-94)87(123)68-141-76-33-31-74(32-34-76)112-97(129)82(25-19-42-111-100(107)132)114-99(131)95(70(2)3)115-98(130)81(113-91(126)39-48-134-52-56-138-59-61-139-57-53-135-49-44-110-89(124)35-36-93(128)118-67-73-23-14-13-21-71(73)29-30-72-22-15-16-26-83(72)118)24-17-18-41-108-92(127)69-142-85-28-12-10-11-27-84-96(85)116-117-119(84)45-50-136-54-58-140-62-60-137-55-51-133-47-38-90(125)109-43-46-120(6,7)8/h13-16,21-23,26,31-34,37,40,63,70,77-78,80-82,85-86,88,94-95,122H,9-12,17-20,24-25,27-28,35-36,38-39,41-62,64-69H2,1-8H3,(H9-,107,108,109,110,111,112,113,114,115,124,125,126,127,129,130,131,132)/p+1/t77-,78-,80-,81+,82-,85?,86-,88+,94?,95-,101-,102-,103-,104+/m0/s1. The number of hydrogen-bond acceptors (Lipinski definition) is 26. The predicted octanol–water partition coefficient (Wildman–Crippen LogP) is 6.67. The SMILES string of the molecule is CCCC1O[C@@H]2C[C@H]3[C@@H]4C[C@H](F)C5=CC(=O)C=C[C@]5(C)[C@@]4(F)[C@@H](O)C[C@]3(C)[C@]2(C(=O)COc2ccc(NC(=O)[C@H](CCCNC(N)=O)NC(=O)[C@@H](NC(=O)[C@@H](CCCCNC(=O)COC3CCCCCc4c3nnn4CCOCCOCCOCCOCCC(=O)NCC[N+](C)(C)C)NC(=O)CCOCCOCCOCCOCCNC(=O)CCC(=O)N3Cc4ccccc4C#Cc4ccccc43)C(C)C)cc2)O1. The van der Waals surface area contributed by atoms with Gasteiger partial charge in [-0.15, -0.1) is 5.10 Å². The molecule has 11 N–H and O–H groups in total. The van der Waals surface area contributed by atoms with Gasteiger partial charge in [0, 0.05) is 78.9 Å². The van der Waals surface area contributed by atoms with Crippen LogP contribution < -0.4 is 57.9 Å². The maximum atomic E-state index is 18.2. The molecule has 7 aliphatic rings. The van der Waals surface area contributed by atoms with Crippen LogP contribution in [0.3, 0.4) is 0 Å². The number of nitrogens with zero attached hydrogens (tertiary/aromatic N) is 5. The summed E-state index contributed by atoms with van der Waals surface area (Å²) < 4.78 is 108. The third-order valence-electron chi connectivity index (χ3n) is 27.6. The number of halogens is 2. The fraction of sp³-hybridized carbons (Fsp3) is 0.644. The van der Waals surface area contributed by atoms with Gasteiger partial charge in [0.2, 0.25) is 53.0 Å². The van der Waals surface area contributed by atoms with Crippen molar-refractivity contribution in [3.63, 3.8) is 0 Å². The number of unbranched alkanes of at least 4 members (excludes halogenated alkanes) is 1. The number of nitrogens with two attached hydrogens (primary N) is 1. The quantitative estimate of drug-likeness (QED) is 0.0125. The van der Waals surface area contributed by atoms with E-state index >= 15 is 13.6 Å². The first-order chi connectivity index (χ1) is 69.2. The number of rotatable bonds is 62. The summed E-state index contributed by atoms with van der Waals surface area (Å²) in [6.07, 6.45) is 3.76. The van der Waals surface area contributed by atoms with Crippen LogP contribution in [0.2, 0.25) is 0 Å². The summed E-state index contributed by atoms with van der Waals surface area (Å²) in [7, 11) is 6.21. The zero-order valence-corrected chi connectivity index (χ0v) is 84.5. The Morgan fingerprint density at radius 3 is 1.93 bits per heavy atom. The first-order valence-corrected chi connectivity index (χ1v) is 50.8. The number of urea groups is 1. The molecule has 5 aliphatic carbocycles. The minimum absolute atomic E-state index is 0.000414. The van der Waals surface area contributed by atoms with E-state index in [0.29, 0.717) is 116 Å². The zero-order valence-electron chi connectivity index (χ0n) is 84.5. The molecule has 40 heteroatoms. The summed E-state index contributed by atoms with van der Waals surface area (Å²) in [5.41, 5.74) is 3.33. The Kier molecular flexibility index (Phi) is 44.5. The number of allylic oxidation sites excluding steroid dienone is 4. The van der Waals surface area contributed by atoms with Gasteiger partial charge in [-0.1, -0.05) is 100 Å². The van der Waals surface area contributed by atoms with Gasteiger partial charge in [0.25, 0.3) is 0 Å². The van der Waals surface area contributed by atoms with Gasteiger partial charge >= 0.3 is 6.03 Å². The Labute approximate surface area is 841 Å². The molecule has 4 aromatic rings. The molecule has 0 bridgehead atoms. The van der Waals surface area contributed by atoms with E-state index in [1.165, 1.54) is 43.3 Å². The normalized spacial score (nSPS) is 23.0. The lowest BCUT2D eigenvalue weighted by Crippen LogP contribution is -2.71. The van der Waals surface area contributed by atoms with Crippen molar-refractivity contribution in [1.29, 1.82) is 0 Å². The number of alkyl halides is 2. The van der Waals surface area contributed by atoms with Crippen molar-refractivity contribution in [2.75, 3.05) is 183 Å². The maximum absolute atomic E-state index is 18.2. The minimum Gasteiger partial charge on any atom is -0.486 e. The van der Waals surface area contributed by atoms with Gasteiger partial charge in [0.05, 0.1) is 177 Å². The molecule has 1 aromatic heterocycles. The second kappa shape index (κ2) is 56.3. The average molecular weight is 2020 g/mol. The maximum Gasteiger partial charge on any atom is 0.312 e. The minimum atomic E-state index is -2.40. The number of aliphatic hydroxyl groups is 1. The number of aliphatic hydroxyl groups excluding tert-OH is 1. The molecule has 38 nitrogen and oxygen atoms in total. The number of primary amides is 1. The predicted molar refractivity (Wildman–Crippen MR) is 526 cm³/mol. The fourth-order valence-corrected chi connectivity index (χ4v) is 20.0. The number of nitrogens with one attached hydrogen (secondary N) is 8. The number of para-hydroxylation sites is 1. The van der Waals surface area contributed by atoms with Crippen LogP contribution in [0.5, 0.6) is 5.75 Å². The van der Waals surface area contributed by atoms with Crippen molar-refractivity contribution in [1.82, 2.24) is 52.2 Å². The number of amides is 10. The van der Waals surface area contributed by atoms with Crippen molar-refractivity contribution in [2.24, 2.45) is 34.3 Å². The van der Waals surface area contributed by atoms with Crippen LogP contribution in [-0.4, -0.2) is 316 Å². The largest absolute Gasteiger partial charge is 0.486 e. The van der Waals surface area contributed by atoms with Gasteiger partial charge < -0.3 is 120 Å². The van der Waals surface area contributed by atoms with Crippen LogP contribution in [0.4, 0.5) is 25.0 Å². The average Bonchev–Trinajstić information content (AvgIpc) is 1.48. The number of carbonyl (C=O) groups is 11. The Morgan fingerprint density at radius 2 is 1.25 bits per heavy atom. The van der Waals surface area contributed by atoms with Crippen LogP contribution in [0.25, 0.3) is 0 Å². The number of hydrogen-bond donors (Lipinski definition) is 10. The highest BCUT2D eigenvalue weighted by Crippen LogP contribution is 2.72. The van der Waals surface area contributed by atoms with E-state index in [4.69, 9.17) is 62.6 Å². The molecule has 3 heterocycles. The van der Waals surface area contributed by atoms with Gasteiger partial charge in [-0.2, -0.15) is 0 Å². The van der Waals surface area contributed by atoms with E-state index in [9.17, 15) is 53.1 Å². The third-order valence-corrected chi connectivity index (χ3v) is 27.6. The topological polar surface area (TPSA) is 475 Å². The number of fused-ring (bicyclic) bond motifs is 10. The number of aromatic nitrogens is 3. The van der Waals surface area contributed by atoms with E-state index in [1.807, 2.05) is 60.1 Å².